The number of hydrogen-bond donors (Lipinski definition) is 2. The lowest BCUT2D eigenvalue weighted by Gasteiger charge is -2.06. The number of nitrogens with one attached hydrogen (secondary N) is 2. The summed E-state index contributed by atoms with van der Waals surface area (Å²) in [6.07, 6.45) is 3.79. The quantitative estimate of drug-likeness (QED) is 0.618. The first kappa shape index (κ1) is 16.4. The number of nitrogens with zero attached hydrogens (tertiary/aromatic N) is 2. The molecule has 0 fully saturated rings. The van der Waals surface area contributed by atoms with Crippen LogP contribution in [0.15, 0.2) is 48.7 Å². The average Bonchev–Trinajstić information content (AvgIpc) is 3.03. The lowest BCUT2D eigenvalue weighted by molar-refractivity contribution is -0.121. The van der Waals surface area contributed by atoms with Crippen molar-refractivity contribution in [2.75, 3.05) is 18.4 Å². The highest BCUT2D eigenvalue weighted by molar-refractivity contribution is 7.18. The van der Waals surface area contributed by atoms with E-state index in [9.17, 15) is 4.79 Å². The summed E-state index contributed by atoms with van der Waals surface area (Å²) in [5.41, 5.74) is 1.01. The number of benzene rings is 1. The van der Waals surface area contributed by atoms with Crippen molar-refractivity contribution in [3.63, 3.8) is 0 Å². The van der Waals surface area contributed by atoms with Gasteiger partial charge in [0.2, 0.25) is 5.91 Å². The summed E-state index contributed by atoms with van der Waals surface area (Å²) in [5, 5.41) is 7.19. The molecule has 3 aromatic rings. The Balaban J connectivity index is 1.32. The molecule has 0 bridgehead atoms. The van der Waals surface area contributed by atoms with E-state index in [1.165, 1.54) is 4.70 Å². The highest BCUT2D eigenvalue weighted by Gasteiger charge is 2.06. The predicted molar refractivity (Wildman–Crippen MR) is 98.3 cm³/mol. The lowest BCUT2D eigenvalue weighted by atomic mass is 10.3. The van der Waals surface area contributed by atoms with E-state index in [-0.39, 0.29) is 5.91 Å². The number of amides is 1. The van der Waals surface area contributed by atoms with Crippen LogP contribution in [0.25, 0.3) is 10.2 Å². The van der Waals surface area contributed by atoms with Crippen LogP contribution in [0.3, 0.4) is 0 Å². The van der Waals surface area contributed by atoms with Crippen LogP contribution in [0.4, 0.5) is 5.82 Å². The molecule has 0 spiro atoms. The van der Waals surface area contributed by atoms with Crippen LogP contribution < -0.4 is 10.6 Å². The lowest BCUT2D eigenvalue weighted by Crippen LogP contribution is -2.26. The van der Waals surface area contributed by atoms with Crippen molar-refractivity contribution in [2.24, 2.45) is 0 Å². The normalized spacial score (nSPS) is 10.7. The van der Waals surface area contributed by atoms with E-state index < -0.39 is 0 Å². The van der Waals surface area contributed by atoms with Gasteiger partial charge in [-0.3, -0.25) is 4.79 Å². The van der Waals surface area contributed by atoms with Crippen molar-refractivity contribution in [2.45, 2.75) is 19.3 Å². The molecule has 3 rings (SSSR count). The number of fused-ring (bicyclic) bond motifs is 1. The number of thiazole rings is 1. The van der Waals surface area contributed by atoms with E-state index in [0.717, 1.165) is 29.3 Å². The van der Waals surface area contributed by atoms with Crippen molar-refractivity contribution in [1.29, 1.82) is 0 Å². The summed E-state index contributed by atoms with van der Waals surface area (Å²) in [5.74, 6) is 0.937. The molecule has 0 saturated heterocycles. The molecular weight excluding hydrogens is 320 g/mol. The summed E-state index contributed by atoms with van der Waals surface area (Å²) in [4.78, 5) is 20.6. The first-order valence-electron chi connectivity index (χ1n) is 8.07. The fraction of sp³-hybridized carbons (Fsp3) is 0.278. The number of carbonyl (C=O) groups is 1. The molecule has 2 heterocycles. The molecule has 2 N–H and O–H groups in total. The van der Waals surface area contributed by atoms with Gasteiger partial charge in [0, 0.05) is 32.1 Å². The summed E-state index contributed by atoms with van der Waals surface area (Å²) >= 11 is 1.66. The van der Waals surface area contributed by atoms with Crippen molar-refractivity contribution in [1.82, 2.24) is 15.3 Å². The number of para-hydroxylation sites is 1. The van der Waals surface area contributed by atoms with Crippen LogP contribution in [0.1, 0.15) is 17.8 Å². The second-order valence-electron chi connectivity index (χ2n) is 5.42. The molecule has 0 aliphatic rings. The molecule has 0 unspecified atom stereocenters. The maximum atomic E-state index is 11.9. The molecule has 124 valence electrons. The first-order chi connectivity index (χ1) is 11.8. The molecule has 0 aliphatic carbocycles. The van der Waals surface area contributed by atoms with Crippen molar-refractivity contribution in [3.8, 4) is 0 Å². The number of aromatic nitrogens is 2. The topological polar surface area (TPSA) is 66.9 Å². The van der Waals surface area contributed by atoms with Gasteiger partial charge in [-0.2, -0.15) is 0 Å². The average molecular weight is 340 g/mol. The van der Waals surface area contributed by atoms with E-state index in [2.05, 4.69) is 26.7 Å². The highest BCUT2D eigenvalue weighted by Crippen LogP contribution is 2.22. The zero-order valence-electron chi connectivity index (χ0n) is 13.4. The summed E-state index contributed by atoms with van der Waals surface area (Å²) < 4.78 is 1.17. The van der Waals surface area contributed by atoms with Gasteiger partial charge in [-0.25, -0.2) is 9.97 Å². The van der Waals surface area contributed by atoms with Crippen LogP contribution in [-0.2, 0) is 11.2 Å². The smallest absolute Gasteiger partial charge is 0.220 e. The summed E-state index contributed by atoms with van der Waals surface area (Å²) in [6, 6.07) is 13.8. The standard InChI is InChI=1S/C18H20N4OS/c23-17(21-13-5-12-20-16-8-3-4-11-19-16)9-10-18-22-14-6-1-2-7-15(14)24-18/h1-4,6-8,11H,5,9-10,12-13H2,(H,19,20)(H,21,23). The Labute approximate surface area is 145 Å². The third-order valence-electron chi connectivity index (χ3n) is 3.55. The molecule has 1 aromatic carbocycles. The van der Waals surface area contributed by atoms with E-state index in [1.807, 2.05) is 36.4 Å². The maximum Gasteiger partial charge on any atom is 0.220 e. The molecule has 2 aromatic heterocycles. The van der Waals surface area contributed by atoms with Gasteiger partial charge in [-0.05, 0) is 30.7 Å². The van der Waals surface area contributed by atoms with Crippen molar-refractivity contribution >= 4 is 33.3 Å². The molecule has 0 aliphatic heterocycles. The SMILES string of the molecule is O=C(CCc1nc2ccccc2s1)NCCCNc1ccccn1. The van der Waals surface area contributed by atoms with E-state index >= 15 is 0 Å². The van der Waals surface area contributed by atoms with Gasteiger partial charge in [0.15, 0.2) is 0 Å². The predicted octanol–water partition coefficient (Wildman–Crippen LogP) is 3.24. The Morgan fingerprint density at radius 3 is 2.79 bits per heavy atom. The van der Waals surface area contributed by atoms with E-state index in [1.54, 1.807) is 17.5 Å². The fourth-order valence-electron chi connectivity index (χ4n) is 2.34. The maximum absolute atomic E-state index is 11.9. The van der Waals surface area contributed by atoms with Gasteiger partial charge >= 0.3 is 0 Å². The molecule has 5 nitrogen and oxygen atoms in total. The summed E-state index contributed by atoms with van der Waals surface area (Å²) in [6.45, 7) is 1.45. The van der Waals surface area contributed by atoms with Crippen LogP contribution in [0.2, 0.25) is 0 Å². The van der Waals surface area contributed by atoms with Gasteiger partial charge in [0.1, 0.15) is 5.82 Å². The first-order valence-corrected chi connectivity index (χ1v) is 8.89. The Morgan fingerprint density at radius 1 is 1.08 bits per heavy atom. The molecule has 0 radical (unpaired) electrons. The summed E-state index contributed by atoms with van der Waals surface area (Å²) in [7, 11) is 0. The van der Waals surface area contributed by atoms with Gasteiger partial charge in [0.05, 0.1) is 15.2 Å². The third-order valence-corrected chi connectivity index (χ3v) is 4.65. The van der Waals surface area contributed by atoms with Crippen LogP contribution in [0, 0.1) is 0 Å². The van der Waals surface area contributed by atoms with E-state index in [0.29, 0.717) is 19.4 Å². The van der Waals surface area contributed by atoms with Crippen LogP contribution in [0.5, 0.6) is 0 Å². The van der Waals surface area contributed by atoms with Crippen molar-refractivity contribution < 1.29 is 4.79 Å². The molecule has 0 atom stereocenters. The molecule has 24 heavy (non-hydrogen) atoms. The molecular formula is C18H20N4OS. The number of rotatable bonds is 8. The molecule has 6 heteroatoms. The molecule has 1 amide bonds. The third kappa shape index (κ3) is 4.76. The minimum atomic E-state index is 0.0760. The van der Waals surface area contributed by atoms with Crippen molar-refractivity contribution in [3.05, 3.63) is 53.7 Å². The minimum absolute atomic E-state index is 0.0760. The van der Waals surface area contributed by atoms with Gasteiger partial charge in [-0.1, -0.05) is 18.2 Å². The Hall–Kier alpha value is -2.47. The van der Waals surface area contributed by atoms with Gasteiger partial charge in [0.25, 0.3) is 0 Å². The number of carbonyl (C=O) groups excluding carboxylic acids is 1. The molecule has 0 saturated carbocycles. The Kier molecular flexibility index (Phi) is 5.74. The second kappa shape index (κ2) is 8.40. The van der Waals surface area contributed by atoms with E-state index in [4.69, 9.17) is 0 Å². The zero-order chi connectivity index (χ0) is 16.6. The van der Waals surface area contributed by atoms with Crippen LogP contribution in [-0.4, -0.2) is 29.0 Å². The fourth-order valence-corrected chi connectivity index (χ4v) is 3.30. The van der Waals surface area contributed by atoms with Gasteiger partial charge < -0.3 is 10.6 Å². The number of anilines is 1. The minimum Gasteiger partial charge on any atom is -0.370 e. The number of aryl methyl sites for hydroxylation is 1. The number of hydrogen-bond acceptors (Lipinski definition) is 5. The van der Waals surface area contributed by atoms with Crippen LogP contribution >= 0.6 is 11.3 Å². The Morgan fingerprint density at radius 2 is 1.96 bits per heavy atom. The highest BCUT2D eigenvalue weighted by atomic mass is 32.1. The number of pyridine rings is 1. The second-order valence-corrected chi connectivity index (χ2v) is 6.54. The Bertz CT molecular complexity index is 755. The zero-order valence-corrected chi connectivity index (χ0v) is 14.2. The monoisotopic (exact) mass is 340 g/mol. The largest absolute Gasteiger partial charge is 0.370 e. The van der Waals surface area contributed by atoms with Gasteiger partial charge in [-0.15, -0.1) is 11.3 Å².